The molecule has 11 nitrogen and oxygen atoms in total. The number of fused-ring (bicyclic) bond motifs is 1. The average Bonchev–Trinajstić information content (AvgIpc) is 3.31. The number of methoxy groups -OCH3 is 1. The summed E-state index contributed by atoms with van der Waals surface area (Å²) in [6.45, 7) is -0.202. The molecule has 11 heteroatoms. The van der Waals surface area contributed by atoms with Gasteiger partial charge in [-0.25, -0.2) is 0 Å². The third-order valence-electron chi connectivity index (χ3n) is 6.67. The molecule has 0 radical (unpaired) electrons. The Hall–Kier alpha value is -4.15. The van der Waals surface area contributed by atoms with Crippen molar-refractivity contribution >= 4 is 34.7 Å². The molecule has 2 aromatic heterocycles. The molecular weight excluding hydrogens is 466 g/mol. The molecule has 0 unspecified atom stereocenters. The highest BCUT2D eigenvalue weighted by Gasteiger charge is 2.41. The van der Waals surface area contributed by atoms with Crippen molar-refractivity contribution in [3.63, 3.8) is 0 Å². The Morgan fingerprint density at radius 2 is 1.97 bits per heavy atom. The van der Waals surface area contributed by atoms with E-state index in [0.717, 1.165) is 18.5 Å². The molecule has 2 atom stereocenters. The van der Waals surface area contributed by atoms with Crippen molar-refractivity contribution in [2.45, 2.75) is 37.3 Å². The molecule has 36 heavy (non-hydrogen) atoms. The van der Waals surface area contributed by atoms with Crippen molar-refractivity contribution in [2.24, 2.45) is 7.05 Å². The van der Waals surface area contributed by atoms with E-state index in [-0.39, 0.29) is 25.4 Å². The Kier molecular flexibility index (Phi) is 6.21. The minimum Gasteiger partial charge on any atom is -0.468 e. The number of amides is 3. The number of hydrogen-bond donors (Lipinski definition) is 2. The van der Waals surface area contributed by atoms with Crippen LogP contribution >= 0.6 is 0 Å². The maximum absolute atomic E-state index is 13.5. The third kappa shape index (κ3) is 4.56. The van der Waals surface area contributed by atoms with Crippen LogP contribution in [-0.4, -0.2) is 70.7 Å². The van der Waals surface area contributed by atoms with Gasteiger partial charge < -0.3 is 24.7 Å². The van der Waals surface area contributed by atoms with E-state index in [1.165, 1.54) is 18.3 Å². The highest BCUT2D eigenvalue weighted by atomic mass is 16.5. The smallest absolute Gasteiger partial charge is 0.325 e. The zero-order valence-electron chi connectivity index (χ0n) is 20.0. The summed E-state index contributed by atoms with van der Waals surface area (Å²) in [4.78, 5) is 52.5. The topological polar surface area (TPSA) is 136 Å². The van der Waals surface area contributed by atoms with Crippen LogP contribution in [0.25, 0.3) is 11.0 Å². The summed E-state index contributed by atoms with van der Waals surface area (Å²) in [7, 11) is 2.95. The number of nitrogens with zero attached hydrogens (tertiary/aromatic N) is 3. The molecule has 1 aliphatic heterocycles. The molecule has 1 saturated carbocycles. The lowest BCUT2D eigenvalue weighted by molar-refractivity contribution is -0.141. The fourth-order valence-electron chi connectivity index (χ4n) is 4.60. The first-order valence-corrected chi connectivity index (χ1v) is 11.8. The Morgan fingerprint density at radius 3 is 2.72 bits per heavy atom. The minimum atomic E-state index is -0.894. The van der Waals surface area contributed by atoms with Gasteiger partial charge in [-0.1, -0.05) is 18.2 Å². The van der Waals surface area contributed by atoms with Gasteiger partial charge in [0, 0.05) is 30.9 Å². The van der Waals surface area contributed by atoms with Crippen LogP contribution in [0.1, 0.15) is 51.7 Å². The molecule has 5 rings (SSSR count). The van der Waals surface area contributed by atoms with E-state index < -0.39 is 29.9 Å². The zero-order chi connectivity index (χ0) is 25.4. The second-order valence-electron chi connectivity index (χ2n) is 9.17. The Balaban J connectivity index is 1.36. The van der Waals surface area contributed by atoms with Gasteiger partial charge in [-0.15, -0.1) is 0 Å². The number of hydrogen-bond acceptors (Lipinski definition) is 7. The minimum absolute atomic E-state index is 0.119. The molecule has 3 aromatic rings. The summed E-state index contributed by atoms with van der Waals surface area (Å²) in [6.07, 6.45) is 3.70. The van der Waals surface area contributed by atoms with Crippen LogP contribution in [-0.2, 0) is 21.4 Å². The standard InChI is InChI=1S/C25H27N5O6/c1-29-19(10-18(28-29)14-7-8-14)24(33)27-15-9-20(23(32)26-11-22(31)35-2)30(12-15)25(34)17-13-36-21-6-4-3-5-16(17)21/h3-6,10,13-15,20H,7-9,11-12H2,1-2H3,(H,26,32)(H,27,33)/t15-,20+/m1/s1. The number of ether oxygens (including phenoxy) is 1. The number of rotatable bonds is 7. The molecule has 2 N–H and O–H groups in total. The number of likely N-dealkylation sites (tertiary alicyclic amines) is 1. The van der Waals surface area contributed by atoms with Crippen LogP contribution in [0.5, 0.6) is 0 Å². The van der Waals surface area contributed by atoms with Crippen LogP contribution in [0.2, 0.25) is 0 Å². The van der Waals surface area contributed by atoms with Crippen molar-refractivity contribution in [3.05, 3.63) is 53.5 Å². The number of carbonyl (C=O) groups excluding carboxylic acids is 4. The second-order valence-corrected chi connectivity index (χ2v) is 9.17. The van der Waals surface area contributed by atoms with Gasteiger partial charge in [0.05, 0.1) is 18.4 Å². The van der Waals surface area contributed by atoms with Crippen LogP contribution in [0.4, 0.5) is 0 Å². The summed E-state index contributed by atoms with van der Waals surface area (Å²) < 4.78 is 11.7. The summed E-state index contributed by atoms with van der Waals surface area (Å²) in [6, 6.07) is 7.55. The predicted octanol–water partition coefficient (Wildman–Crippen LogP) is 1.35. The predicted molar refractivity (Wildman–Crippen MR) is 127 cm³/mol. The van der Waals surface area contributed by atoms with E-state index in [0.29, 0.717) is 28.1 Å². The van der Waals surface area contributed by atoms with Crippen molar-refractivity contribution in [3.8, 4) is 0 Å². The van der Waals surface area contributed by atoms with Crippen molar-refractivity contribution in [1.82, 2.24) is 25.3 Å². The second kappa shape index (κ2) is 9.48. The van der Waals surface area contributed by atoms with Crippen molar-refractivity contribution in [2.75, 3.05) is 20.2 Å². The lowest BCUT2D eigenvalue weighted by Crippen LogP contribution is -2.47. The van der Waals surface area contributed by atoms with Gasteiger partial charge in [0.15, 0.2) is 0 Å². The number of nitrogens with one attached hydrogen (secondary N) is 2. The lowest BCUT2D eigenvalue weighted by atomic mass is 10.1. The quantitative estimate of drug-likeness (QED) is 0.474. The summed E-state index contributed by atoms with van der Waals surface area (Å²) >= 11 is 0. The van der Waals surface area contributed by atoms with Crippen LogP contribution in [0.15, 0.2) is 41.0 Å². The first kappa shape index (κ1) is 23.6. The molecule has 0 spiro atoms. The fraction of sp³-hybridized carbons (Fsp3) is 0.400. The molecule has 1 aromatic carbocycles. The van der Waals surface area contributed by atoms with E-state index >= 15 is 0 Å². The third-order valence-corrected chi connectivity index (χ3v) is 6.67. The number of para-hydroxylation sites is 1. The highest BCUT2D eigenvalue weighted by Crippen LogP contribution is 2.39. The number of esters is 1. The van der Waals surface area contributed by atoms with Gasteiger partial charge >= 0.3 is 5.97 Å². The first-order chi connectivity index (χ1) is 17.4. The zero-order valence-corrected chi connectivity index (χ0v) is 20.0. The van der Waals surface area contributed by atoms with E-state index in [4.69, 9.17) is 4.42 Å². The number of aryl methyl sites for hydroxylation is 1. The summed E-state index contributed by atoms with van der Waals surface area (Å²) in [5.74, 6) is -1.42. The van der Waals surface area contributed by atoms with Gasteiger partial charge in [0.25, 0.3) is 11.8 Å². The van der Waals surface area contributed by atoms with Gasteiger partial charge in [0.2, 0.25) is 5.91 Å². The Morgan fingerprint density at radius 1 is 1.19 bits per heavy atom. The van der Waals surface area contributed by atoms with Crippen LogP contribution in [0.3, 0.4) is 0 Å². The van der Waals surface area contributed by atoms with E-state index in [2.05, 4.69) is 20.5 Å². The van der Waals surface area contributed by atoms with E-state index in [1.54, 1.807) is 42.1 Å². The first-order valence-electron chi connectivity index (χ1n) is 11.8. The fourth-order valence-corrected chi connectivity index (χ4v) is 4.60. The van der Waals surface area contributed by atoms with Crippen molar-refractivity contribution < 1.29 is 28.3 Å². The normalized spacial score (nSPS) is 19.3. The Bertz CT molecular complexity index is 1340. The SMILES string of the molecule is COC(=O)CNC(=O)[C@@H]1C[C@@H](NC(=O)c2cc(C3CC3)nn2C)CN1C(=O)c1coc2ccccc12. The Labute approximate surface area is 206 Å². The van der Waals surface area contributed by atoms with E-state index in [1.807, 2.05) is 0 Å². The molecule has 2 fully saturated rings. The van der Waals surface area contributed by atoms with Crippen LogP contribution in [0, 0.1) is 0 Å². The van der Waals surface area contributed by atoms with Gasteiger partial charge in [-0.3, -0.25) is 23.9 Å². The average molecular weight is 494 g/mol. The summed E-state index contributed by atoms with van der Waals surface area (Å²) in [5.41, 5.74) is 2.20. The number of carbonyl (C=O) groups is 4. The molecule has 3 amide bonds. The van der Waals surface area contributed by atoms with Crippen LogP contribution < -0.4 is 10.6 Å². The van der Waals surface area contributed by atoms with Crippen molar-refractivity contribution in [1.29, 1.82) is 0 Å². The molecular formula is C25H27N5O6. The molecule has 1 saturated heterocycles. The van der Waals surface area contributed by atoms with Gasteiger partial charge in [0.1, 0.15) is 30.1 Å². The maximum Gasteiger partial charge on any atom is 0.325 e. The van der Waals surface area contributed by atoms with Gasteiger partial charge in [-0.2, -0.15) is 5.10 Å². The molecule has 1 aliphatic carbocycles. The molecule has 2 aliphatic rings. The molecule has 0 bridgehead atoms. The maximum atomic E-state index is 13.5. The van der Waals surface area contributed by atoms with Gasteiger partial charge in [-0.05, 0) is 31.4 Å². The number of aromatic nitrogens is 2. The lowest BCUT2D eigenvalue weighted by Gasteiger charge is -2.23. The summed E-state index contributed by atoms with van der Waals surface area (Å²) in [5, 5.41) is 10.5. The largest absolute Gasteiger partial charge is 0.468 e. The highest BCUT2D eigenvalue weighted by molar-refractivity contribution is 6.07. The number of benzene rings is 1. The number of furan rings is 1. The monoisotopic (exact) mass is 493 g/mol. The molecule has 188 valence electrons. The molecule has 3 heterocycles. The van der Waals surface area contributed by atoms with E-state index in [9.17, 15) is 19.2 Å².